The summed E-state index contributed by atoms with van der Waals surface area (Å²) in [5.41, 5.74) is 1.16. The van der Waals surface area contributed by atoms with Gasteiger partial charge in [0.05, 0.1) is 14.2 Å². The molecule has 0 atom stereocenters. The molecule has 6 heteroatoms. The van der Waals surface area contributed by atoms with Crippen LogP contribution in [0.3, 0.4) is 0 Å². The van der Waals surface area contributed by atoms with Gasteiger partial charge >= 0.3 is 0 Å². The standard InChI is InChI=1S/C16H18N2O4/c1-17(16(19)13-7-5-9-18(20)11-13)10-12-6-4-8-14(21-2)15(12)22-3/h4-9,11H,10H2,1-3H3. The minimum atomic E-state index is -0.241. The number of carbonyl (C=O) groups excluding carboxylic acids is 1. The molecule has 0 bridgehead atoms. The van der Waals surface area contributed by atoms with Gasteiger partial charge < -0.3 is 19.6 Å². The van der Waals surface area contributed by atoms with Crippen molar-refractivity contribution in [1.82, 2.24) is 4.90 Å². The maximum absolute atomic E-state index is 12.4. The SMILES string of the molecule is COc1cccc(CN(C)C(=O)c2ccc[n+]([O-])c2)c1OC. The van der Waals surface area contributed by atoms with Gasteiger partial charge in [0.2, 0.25) is 0 Å². The second kappa shape index (κ2) is 6.80. The van der Waals surface area contributed by atoms with Crippen LogP contribution in [-0.2, 0) is 6.54 Å². The van der Waals surface area contributed by atoms with E-state index in [1.54, 1.807) is 39.5 Å². The number of hydrogen-bond donors (Lipinski definition) is 0. The zero-order valence-electron chi connectivity index (χ0n) is 12.8. The first-order valence-electron chi connectivity index (χ1n) is 6.71. The van der Waals surface area contributed by atoms with Crippen molar-refractivity contribution in [3.63, 3.8) is 0 Å². The molecule has 1 amide bonds. The third kappa shape index (κ3) is 3.28. The molecule has 0 aliphatic heterocycles. The Morgan fingerprint density at radius 1 is 1.23 bits per heavy atom. The molecule has 116 valence electrons. The van der Waals surface area contributed by atoms with Crippen LogP contribution in [0.2, 0.25) is 0 Å². The summed E-state index contributed by atoms with van der Waals surface area (Å²) in [6.45, 7) is 0.340. The van der Waals surface area contributed by atoms with E-state index >= 15 is 0 Å². The van der Waals surface area contributed by atoms with Gasteiger partial charge in [-0.2, -0.15) is 4.73 Å². The Hall–Kier alpha value is -2.76. The lowest BCUT2D eigenvalue weighted by molar-refractivity contribution is -0.605. The topological polar surface area (TPSA) is 65.7 Å². The average molecular weight is 302 g/mol. The molecule has 2 aromatic rings. The first-order valence-corrected chi connectivity index (χ1v) is 6.71. The lowest BCUT2D eigenvalue weighted by Crippen LogP contribution is -2.31. The van der Waals surface area contributed by atoms with Gasteiger partial charge in [-0.3, -0.25) is 4.79 Å². The summed E-state index contributed by atoms with van der Waals surface area (Å²) >= 11 is 0. The Balaban J connectivity index is 2.22. The van der Waals surface area contributed by atoms with Crippen molar-refractivity contribution in [2.75, 3.05) is 21.3 Å². The molecule has 0 radical (unpaired) electrons. The van der Waals surface area contributed by atoms with Crippen LogP contribution in [0.4, 0.5) is 0 Å². The molecule has 0 fully saturated rings. The first kappa shape index (κ1) is 15.6. The third-order valence-electron chi connectivity index (χ3n) is 3.26. The van der Waals surface area contributed by atoms with Crippen molar-refractivity contribution in [2.24, 2.45) is 0 Å². The molecular weight excluding hydrogens is 284 g/mol. The summed E-state index contributed by atoms with van der Waals surface area (Å²) in [7, 11) is 4.79. The fourth-order valence-electron chi connectivity index (χ4n) is 2.21. The highest BCUT2D eigenvalue weighted by Gasteiger charge is 2.17. The van der Waals surface area contributed by atoms with Crippen molar-refractivity contribution in [1.29, 1.82) is 0 Å². The zero-order chi connectivity index (χ0) is 16.1. The van der Waals surface area contributed by atoms with Crippen LogP contribution in [0.1, 0.15) is 15.9 Å². The molecule has 0 spiro atoms. The molecule has 0 saturated heterocycles. The number of nitrogens with zero attached hydrogens (tertiary/aromatic N) is 2. The van der Waals surface area contributed by atoms with Crippen molar-refractivity contribution in [3.05, 3.63) is 59.1 Å². The number of benzene rings is 1. The largest absolute Gasteiger partial charge is 0.619 e. The van der Waals surface area contributed by atoms with Gasteiger partial charge in [-0.15, -0.1) is 0 Å². The third-order valence-corrected chi connectivity index (χ3v) is 3.26. The molecule has 0 N–H and O–H groups in total. The Kier molecular flexibility index (Phi) is 4.83. The highest BCUT2D eigenvalue weighted by molar-refractivity contribution is 5.93. The normalized spacial score (nSPS) is 10.1. The molecule has 2 rings (SSSR count). The van der Waals surface area contributed by atoms with Gasteiger partial charge in [-0.25, -0.2) is 0 Å². The number of ether oxygens (including phenoxy) is 2. The number of aromatic nitrogens is 1. The Morgan fingerprint density at radius 3 is 2.64 bits per heavy atom. The Morgan fingerprint density at radius 2 is 2.00 bits per heavy atom. The number of methoxy groups -OCH3 is 2. The molecule has 6 nitrogen and oxygen atoms in total. The highest BCUT2D eigenvalue weighted by atomic mass is 16.5. The van der Waals surface area contributed by atoms with Crippen molar-refractivity contribution in [2.45, 2.75) is 6.54 Å². The maximum atomic E-state index is 12.4. The second-order valence-corrected chi connectivity index (χ2v) is 4.77. The smallest absolute Gasteiger partial charge is 0.260 e. The summed E-state index contributed by atoms with van der Waals surface area (Å²) < 4.78 is 11.2. The molecule has 0 unspecified atom stereocenters. The van der Waals surface area contributed by atoms with E-state index in [4.69, 9.17) is 9.47 Å². The number of pyridine rings is 1. The summed E-state index contributed by atoms with van der Waals surface area (Å²) in [6, 6.07) is 8.64. The molecule has 0 aliphatic carbocycles. The summed E-state index contributed by atoms with van der Waals surface area (Å²) in [5.74, 6) is 0.963. The molecule has 0 aliphatic rings. The average Bonchev–Trinajstić information content (AvgIpc) is 2.53. The quantitative estimate of drug-likeness (QED) is 0.622. The van der Waals surface area contributed by atoms with E-state index in [1.807, 2.05) is 12.1 Å². The summed E-state index contributed by atoms with van der Waals surface area (Å²) in [4.78, 5) is 13.9. The number of hydrogen-bond acceptors (Lipinski definition) is 4. The Bertz CT molecular complexity index is 673. The highest BCUT2D eigenvalue weighted by Crippen LogP contribution is 2.31. The van der Waals surface area contributed by atoms with Gasteiger partial charge in [-0.1, -0.05) is 12.1 Å². The Labute approximate surface area is 129 Å². The van der Waals surface area contributed by atoms with Crippen molar-refractivity contribution < 1.29 is 19.0 Å². The van der Waals surface area contributed by atoms with Crippen LogP contribution >= 0.6 is 0 Å². The van der Waals surface area contributed by atoms with Crippen molar-refractivity contribution in [3.8, 4) is 11.5 Å². The lowest BCUT2D eigenvalue weighted by atomic mass is 10.1. The molecule has 22 heavy (non-hydrogen) atoms. The zero-order valence-corrected chi connectivity index (χ0v) is 12.8. The van der Waals surface area contributed by atoms with Gasteiger partial charge in [0.25, 0.3) is 5.91 Å². The predicted molar refractivity (Wildman–Crippen MR) is 80.7 cm³/mol. The van der Waals surface area contributed by atoms with Crippen LogP contribution < -0.4 is 14.2 Å². The number of para-hydroxylation sites is 1. The summed E-state index contributed by atoms with van der Waals surface area (Å²) in [6.07, 6.45) is 2.59. The van der Waals surface area contributed by atoms with Crippen LogP contribution in [-0.4, -0.2) is 32.1 Å². The van der Waals surface area contributed by atoms with Crippen molar-refractivity contribution >= 4 is 5.91 Å². The molecule has 0 saturated carbocycles. The van der Waals surface area contributed by atoms with Crippen LogP contribution in [0.25, 0.3) is 0 Å². The minimum Gasteiger partial charge on any atom is -0.619 e. The predicted octanol–water partition coefficient (Wildman–Crippen LogP) is 1.61. The number of carbonyl (C=O) groups is 1. The van der Waals surface area contributed by atoms with E-state index in [-0.39, 0.29) is 5.91 Å². The lowest BCUT2D eigenvalue weighted by Gasteiger charge is -2.19. The van der Waals surface area contributed by atoms with Crippen LogP contribution in [0.15, 0.2) is 42.7 Å². The van der Waals surface area contributed by atoms with Gasteiger partial charge in [0.15, 0.2) is 23.9 Å². The number of rotatable bonds is 5. The van der Waals surface area contributed by atoms with Crippen LogP contribution in [0, 0.1) is 5.21 Å². The molecule has 1 aromatic carbocycles. The fraction of sp³-hybridized carbons (Fsp3) is 0.250. The monoisotopic (exact) mass is 302 g/mol. The second-order valence-electron chi connectivity index (χ2n) is 4.77. The van der Waals surface area contributed by atoms with E-state index in [0.29, 0.717) is 28.3 Å². The van der Waals surface area contributed by atoms with Gasteiger partial charge in [-0.05, 0) is 12.1 Å². The maximum Gasteiger partial charge on any atom is 0.260 e. The van der Waals surface area contributed by atoms with Crippen LogP contribution in [0.5, 0.6) is 11.5 Å². The number of amides is 1. The van der Waals surface area contributed by atoms with E-state index in [9.17, 15) is 10.0 Å². The van der Waals surface area contributed by atoms with E-state index in [0.717, 1.165) is 5.56 Å². The van der Waals surface area contributed by atoms with E-state index in [2.05, 4.69) is 0 Å². The first-order chi connectivity index (χ1) is 10.6. The van der Waals surface area contributed by atoms with E-state index in [1.165, 1.54) is 17.3 Å². The minimum absolute atomic E-state index is 0.241. The van der Waals surface area contributed by atoms with Gasteiger partial charge in [0.1, 0.15) is 5.56 Å². The van der Waals surface area contributed by atoms with Gasteiger partial charge in [0, 0.05) is 25.2 Å². The molecule has 1 heterocycles. The molecule has 1 aromatic heterocycles. The summed E-state index contributed by atoms with van der Waals surface area (Å²) in [5, 5.41) is 11.3. The van der Waals surface area contributed by atoms with E-state index < -0.39 is 0 Å². The fourth-order valence-corrected chi connectivity index (χ4v) is 2.21. The molecular formula is C16H18N2O4.